The van der Waals surface area contributed by atoms with Crippen LogP contribution in [0.1, 0.15) is 19.8 Å². The van der Waals surface area contributed by atoms with Crippen LogP contribution in [0.15, 0.2) is 28.7 Å². The van der Waals surface area contributed by atoms with Gasteiger partial charge < -0.3 is 10.2 Å². The van der Waals surface area contributed by atoms with Gasteiger partial charge in [-0.25, -0.2) is 4.79 Å². The quantitative estimate of drug-likeness (QED) is 0.912. The van der Waals surface area contributed by atoms with Gasteiger partial charge in [0.1, 0.15) is 0 Å². The molecule has 2 amide bonds. The van der Waals surface area contributed by atoms with E-state index in [1.807, 2.05) is 29.2 Å². The third-order valence-electron chi connectivity index (χ3n) is 3.56. The van der Waals surface area contributed by atoms with Crippen molar-refractivity contribution >= 4 is 27.6 Å². The molecule has 1 fully saturated rings. The van der Waals surface area contributed by atoms with E-state index in [9.17, 15) is 4.79 Å². The number of benzene rings is 1. The molecule has 0 unspecified atom stereocenters. The Bertz CT molecular complexity index is 444. The zero-order valence-corrected chi connectivity index (χ0v) is 13.5. The maximum Gasteiger partial charge on any atom is 0.321 e. The van der Waals surface area contributed by atoms with Crippen LogP contribution in [0.2, 0.25) is 0 Å². The molecule has 1 aliphatic heterocycles. The minimum atomic E-state index is -0.00163. The van der Waals surface area contributed by atoms with Crippen molar-refractivity contribution in [3.05, 3.63) is 28.7 Å². The molecule has 2 rings (SSSR count). The molecule has 1 heterocycles. The second-order valence-electron chi connectivity index (χ2n) is 5.12. The monoisotopic (exact) mass is 339 g/mol. The number of rotatable bonds is 4. The molecular weight excluding hydrogens is 318 g/mol. The minimum Gasteiger partial charge on any atom is -0.322 e. The number of piperazine rings is 1. The van der Waals surface area contributed by atoms with Crippen molar-refractivity contribution in [2.45, 2.75) is 19.8 Å². The average molecular weight is 340 g/mol. The molecule has 1 saturated heterocycles. The van der Waals surface area contributed by atoms with Gasteiger partial charge >= 0.3 is 6.03 Å². The van der Waals surface area contributed by atoms with Gasteiger partial charge in [0.25, 0.3) is 0 Å². The number of hydrogen-bond acceptors (Lipinski definition) is 2. The van der Waals surface area contributed by atoms with Gasteiger partial charge in [0, 0.05) is 36.3 Å². The lowest BCUT2D eigenvalue weighted by Crippen LogP contribution is -2.50. The van der Waals surface area contributed by atoms with Gasteiger partial charge in [0.15, 0.2) is 0 Å². The number of amides is 2. The van der Waals surface area contributed by atoms with E-state index in [1.54, 1.807) is 0 Å². The first-order valence-electron chi connectivity index (χ1n) is 7.23. The Morgan fingerprint density at radius 1 is 1.30 bits per heavy atom. The largest absolute Gasteiger partial charge is 0.322 e. The molecular formula is C15H22BrN3O. The first kappa shape index (κ1) is 15.3. The first-order chi connectivity index (χ1) is 9.69. The van der Waals surface area contributed by atoms with E-state index in [-0.39, 0.29) is 6.03 Å². The van der Waals surface area contributed by atoms with Crippen LogP contribution in [0.5, 0.6) is 0 Å². The maximum atomic E-state index is 12.2. The van der Waals surface area contributed by atoms with Gasteiger partial charge in [-0.15, -0.1) is 0 Å². The Kier molecular flexibility index (Phi) is 5.86. The zero-order chi connectivity index (χ0) is 14.4. The molecule has 5 heteroatoms. The van der Waals surface area contributed by atoms with Crippen LogP contribution < -0.4 is 5.32 Å². The van der Waals surface area contributed by atoms with Gasteiger partial charge in [-0.05, 0) is 31.2 Å². The molecule has 1 aromatic carbocycles. The first-order valence-corrected chi connectivity index (χ1v) is 8.02. The van der Waals surface area contributed by atoms with Crippen LogP contribution in [0.3, 0.4) is 0 Å². The second kappa shape index (κ2) is 7.64. The van der Waals surface area contributed by atoms with Gasteiger partial charge in [0.05, 0.1) is 0 Å². The number of anilines is 1. The molecule has 110 valence electrons. The van der Waals surface area contributed by atoms with Gasteiger partial charge in [-0.1, -0.05) is 35.3 Å². The Hall–Kier alpha value is -1.07. The predicted octanol–water partition coefficient (Wildman–Crippen LogP) is 3.40. The smallest absolute Gasteiger partial charge is 0.321 e. The number of nitrogens with zero attached hydrogens (tertiary/aromatic N) is 2. The topological polar surface area (TPSA) is 35.6 Å². The van der Waals surface area contributed by atoms with Crippen molar-refractivity contribution < 1.29 is 4.79 Å². The van der Waals surface area contributed by atoms with Crippen molar-refractivity contribution in [2.75, 3.05) is 38.0 Å². The molecule has 0 saturated carbocycles. The molecule has 0 spiro atoms. The van der Waals surface area contributed by atoms with E-state index in [2.05, 4.69) is 33.1 Å². The van der Waals surface area contributed by atoms with Gasteiger partial charge in [-0.3, -0.25) is 4.90 Å². The van der Waals surface area contributed by atoms with Crippen molar-refractivity contribution in [3.63, 3.8) is 0 Å². The summed E-state index contributed by atoms with van der Waals surface area (Å²) in [6.07, 6.45) is 2.47. The summed E-state index contributed by atoms with van der Waals surface area (Å²) in [6, 6.07) is 7.68. The lowest BCUT2D eigenvalue weighted by Gasteiger charge is -2.34. The third kappa shape index (κ3) is 4.49. The Balaban J connectivity index is 1.80. The van der Waals surface area contributed by atoms with E-state index < -0.39 is 0 Å². The highest BCUT2D eigenvalue weighted by atomic mass is 79.9. The van der Waals surface area contributed by atoms with E-state index >= 15 is 0 Å². The van der Waals surface area contributed by atoms with Crippen molar-refractivity contribution in [1.29, 1.82) is 0 Å². The highest BCUT2D eigenvalue weighted by molar-refractivity contribution is 9.10. The number of carbonyl (C=O) groups is 1. The lowest BCUT2D eigenvalue weighted by atomic mass is 10.2. The van der Waals surface area contributed by atoms with Crippen LogP contribution in [0.4, 0.5) is 10.5 Å². The molecule has 0 bridgehead atoms. The zero-order valence-electron chi connectivity index (χ0n) is 11.9. The number of halogens is 1. The van der Waals surface area contributed by atoms with Crippen molar-refractivity contribution in [2.24, 2.45) is 0 Å². The number of hydrogen-bond donors (Lipinski definition) is 1. The normalized spacial score (nSPS) is 16.2. The summed E-state index contributed by atoms with van der Waals surface area (Å²) in [6.45, 7) is 6.93. The lowest BCUT2D eigenvalue weighted by molar-refractivity contribution is 0.146. The highest BCUT2D eigenvalue weighted by Crippen LogP contribution is 2.16. The summed E-state index contributed by atoms with van der Waals surface area (Å²) in [4.78, 5) is 16.5. The number of carbonyl (C=O) groups excluding carboxylic acids is 1. The van der Waals surface area contributed by atoms with Gasteiger partial charge in [0.2, 0.25) is 0 Å². The molecule has 1 aromatic rings. The summed E-state index contributed by atoms with van der Waals surface area (Å²) in [5.74, 6) is 0. The Morgan fingerprint density at radius 2 is 2.05 bits per heavy atom. The van der Waals surface area contributed by atoms with Crippen LogP contribution in [0.25, 0.3) is 0 Å². The average Bonchev–Trinajstić information content (AvgIpc) is 2.45. The summed E-state index contributed by atoms with van der Waals surface area (Å²) in [5, 5.41) is 2.95. The Labute approximate surface area is 129 Å². The summed E-state index contributed by atoms with van der Waals surface area (Å²) in [5.41, 5.74) is 0.831. The molecule has 20 heavy (non-hydrogen) atoms. The van der Waals surface area contributed by atoms with Crippen LogP contribution >= 0.6 is 15.9 Å². The van der Waals surface area contributed by atoms with Crippen LogP contribution in [0, 0.1) is 0 Å². The Morgan fingerprint density at radius 3 is 2.70 bits per heavy atom. The van der Waals surface area contributed by atoms with E-state index in [0.717, 1.165) is 42.9 Å². The van der Waals surface area contributed by atoms with Gasteiger partial charge in [-0.2, -0.15) is 0 Å². The highest BCUT2D eigenvalue weighted by Gasteiger charge is 2.20. The SMILES string of the molecule is CCCCN1CCN(C(=O)Nc2cccc(Br)c2)CC1. The molecule has 0 radical (unpaired) electrons. The van der Waals surface area contributed by atoms with Crippen molar-refractivity contribution in [1.82, 2.24) is 9.80 Å². The van der Waals surface area contributed by atoms with Crippen LogP contribution in [-0.2, 0) is 0 Å². The van der Waals surface area contributed by atoms with E-state index in [4.69, 9.17) is 0 Å². The minimum absolute atomic E-state index is 0.00163. The maximum absolute atomic E-state index is 12.2. The molecule has 1 aliphatic rings. The summed E-state index contributed by atoms with van der Waals surface area (Å²) >= 11 is 3.41. The van der Waals surface area contributed by atoms with Crippen molar-refractivity contribution in [3.8, 4) is 0 Å². The third-order valence-corrected chi connectivity index (χ3v) is 4.06. The molecule has 0 aromatic heterocycles. The molecule has 0 aliphatic carbocycles. The molecule has 0 atom stereocenters. The number of unbranched alkanes of at least 4 members (excludes halogenated alkanes) is 1. The number of nitrogens with one attached hydrogen (secondary N) is 1. The standard InChI is InChI=1S/C15H22BrN3O/c1-2-3-7-18-8-10-19(11-9-18)15(20)17-14-6-4-5-13(16)12-14/h4-6,12H,2-3,7-11H2,1H3,(H,17,20). The summed E-state index contributed by atoms with van der Waals surface area (Å²) < 4.78 is 0.972. The molecule has 4 nitrogen and oxygen atoms in total. The molecule has 1 N–H and O–H groups in total. The number of urea groups is 1. The van der Waals surface area contributed by atoms with Crippen LogP contribution in [-0.4, -0.2) is 48.6 Å². The second-order valence-corrected chi connectivity index (χ2v) is 6.04. The van der Waals surface area contributed by atoms with E-state index in [1.165, 1.54) is 12.8 Å². The fourth-order valence-electron chi connectivity index (χ4n) is 2.33. The predicted molar refractivity (Wildman–Crippen MR) is 86.1 cm³/mol. The van der Waals surface area contributed by atoms with E-state index in [0.29, 0.717) is 0 Å². The summed E-state index contributed by atoms with van der Waals surface area (Å²) in [7, 11) is 0. The fraction of sp³-hybridized carbons (Fsp3) is 0.533. The fourth-order valence-corrected chi connectivity index (χ4v) is 2.72.